The van der Waals surface area contributed by atoms with E-state index in [0.717, 1.165) is 12.2 Å². The van der Waals surface area contributed by atoms with Crippen molar-refractivity contribution < 1.29 is 9.72 Å². The van der Waals surface area contributed by atoms with Crippen molar-refractivity contribution in [2.45, 2.75) is 26.3 Å². The van der Waals surface area contributed by atoms with Crippen molar-refractivity contribution in [1.29, 1.82) is 0 Å². The molecule has 1 atom stereocenters. The minimum Gasteiger partial charge on any atom is -0.366 e. The van der Waals surface area contributed by atoms with Crippen LogP contribution in [0.5, 0.6) is 0 Å². The lowest BCUT2D eigenvalue weighted by molar-refractivity contribution is -0.384. The van der Waals surface area contributed by atoms with Gasteiger partial charge >= 0.3 is 0 Å². The highest BCUT2D eigenvalue weighted by atomic mass is 32.2. The predicted molar refractivity (Wildman–Crippen MR) is 84.0 cm³/mol. The van der Waals surface area contributed by atoms with Gasteiger partial charge in [-0.3, -0.25) is 14.9 Å². The minimum absolute atomic E-state index is 0.0174. The molecule has 1 unspecified atom stereocenters. The molecule has 0 aliphatic heterocycles. The Balaban J connectivity index is 3.10. The molecule has 1 aromatic carbocycles. The molecule has 110 valence electrons. The van der Waals surface area contributed by atoms with E-state index in [9.17, 15) is 14.9 Å². The quantitative estimate of drug-likeness (QED) is 0.438. The summed E-state index contributed by atoms with van der Waals surface area (Å²) in [4.78, 5) is 24.0. The van der Waals surface area contributed by atoms with Gasteiger partial charge in [-0.15, -0.1) is 0 Å². The number of carbonyl (C=O) groups is 1. The lowest BCUT2D eigenvalue weighted by atomic mass is 10.1. The van der Waals surface area contributed by atoms with Gasteiger partial charge in [0, 0.05) is 24.7 Å². The van der Waals surface area contributed by atoms with Gasteiger partial charge in [-0.2, -0.15) is 11.8 Å². The molecule has 0 amide bonds. The summed E-state index contributed by atoms with van der Waals surface area (Å²) in [5, 5.41) is 11.2. The van der Waals surface area contributed by atoms with Crippen LogP contribution >= 0.6 is 11.8 Å². The molecule has 20 heavy (non-hydrogen) atoms. The number of hydrogen-bond donors (Lipinski definition) is 0. The molecule has 0 aliphatic carbocycles. The molecule has 5 nitrogen and oxygen atoms in total. The first-order valence-electron chi connectivity index (χ1n) is 6.39. The van der Waals surface area contributed by atoms with Crippen LogP contribution in [-0.4, -0.2) is 35.8 Å². The second-order valence-corrected chi connectivity index (χ2v) is 5.74. The SMILES string of the molecule is CSCCC(C)N(C)c1ccc(C(C)=O)cc1[N+](=O)[O-]. The Morgan fingerprint density at radius 1 is 1.50 bits per heavy atom. The molecule has 1 aromatic rings. The zero-order valence-electron chi connectivity index (χ0n) is 12.3. The van der Waals surface area contributed by atoms with Crippen molar-refractivity contribution in [3.63, 3.8) is 0 Å². The number of carbonyl (C=O) groups excluding carboxylic acids is 1. The number of benzene rings is 1. The third-order valence-corrected chi connectivity index (χ3v) is 4.00. The summed E-state index contributed by atoms with van der Waals surface area (Å²) >= 11 is 1.75. The van der Waals surface area contributed by atoms with Gasteiger partial charge in [0.1, 0.15) is 5.69 Å². The van der Waals surface area contributed by atoms with Crippen LogP contribution in [0.2, 0.25) is 0 Å². The van der Waals surface area contributed by atoms with E-state index in [1.165, 1.54) is 13.0 Å². The summed E-state index contributed by atoms with van der Waals surface area (Å²) in [5.74, 6) is 0.836. The van der Waals surface area contributed by atoms with E-state index in [4.69, 9.17) is 0 Å². The molecular formula is C14H20N2O3S. The Kier molecular flexibility index (Phi) is 6.01. The van der Waals surface area contributed by atoms with E-state index in [1.54, 1.807) is 23.9 Å². The number of hydrogen-bond acceptors (Lipinski definition) is 5. The Labute approximate surface area is 123 Å². The molecule has 6 heteroatoms. The van der Waals surface area contributed by atoms with Crippen LogP contribution in [0.25, 0.3) is 0 Å². The van der Waals surface area contributed by atoms with Gasteiger partial charge in [0.25, 0.3) is 5.69 Å². The third kappa shape index (κ3) is 3.96. The van der Waals surface area contributed by atoms with Crippen LogP contribution in [0.3, 0.4) is 0 Å². The Bertz CT molecular complexity index is 505. The topological polar surface area (TPSA) is 63.5 Å². The maximum atomic E-state index is 11.3. The van der Waals surface area contributed by atoms with Crippen LogP contribution in [0.1, 0.15) is 30.6 Å². The molecule has 0 fully saturated rings. The largest absolute Gasteiger partial charge is 0.366 e. The molecule has 0 saturated carbocycles. The number of thioether (sulfide) groups is 1. The average Bonchev–Trinajstić information content (AvgIpc) is 2.42. The summed E-state index contributed by atoms with van der Waals surface area (Å²) in [6, 6.07) is 4.85. The normalized spacial score (nSPS) is 12.0. The Morgan fingerprint density at radius 2 is 2.15 bits per heavy atom. The molecule has 0 N–H and O–H groups in total. The van der Waals surface area contributed by atoms with E-state index in [-0.39, 0.29) is 17.5 Å². The van der Waals surface area contributed by atoms with Gasteiger partial charge in [-0.05, 0) is 44.4 Å². The van der Waals surface area contributed by atoms with E-state index >= 15 is 0 Å². The number of anilines is 1. The molecule has 0 radical (unpaired) electrons. The van der Waals surface area contributed by atoms with Gasteiger partial charge in [0.05, 0.1) is 4.92 Å². The Hall–Kier alpha value is -1.56. The minimum atomic E-state index is -0.431. The molecule has 0 saturated heterocycles. The summed E-state index contributed by atoms with van der Waals surface area (Å²) in [6.07, 6.45) is 2.99. The van der Waals surface area contributed by atoms with Crippen LogP contribution in [-0.2, 0) is 0 Å². The van der Waals surface area contributed by atoms with Gasteiger partial charge in [0.2, 0.25) is 0 Å². The highest BCUT2D eigenvalue weighted by Crippen LogP contribution is 2.30. The predicted octanol–water partition coefficient (Wildman–Crippen LogP) is 3.38. The van der Waals surface area contributed by atoms with Crippen LogP contribution in [0, 0.1) is 10.1 Å². The summed E-state index contributed by atoms with van der Waals surface area (Å²) in [6.45, 7) is 3.45. The standard InChI is InChI=1S/C14H20N2O3S/c1-10(7-8-20-4)15(3)13-6-5-12(11(2)17)9-14(13)16(18)19/h5-6,9-10H,7-8H2,1-4H3. The number of nitro benzene ring substituents is 1. The van der Waals surface area contributed by atoms with Crippen LogP contribution in [0.15, 0.2) is 18.2 Å². The monoisotopic (exact) mass is 296 g/mol. The first-order valence-corrected chi connectivity index (χ1v) is 7.79. The maximum Gasteiger partial charge on any atom is 0.293 e. The lowest BCUT2D eigenvalue weighted by Gasteiger charge is -2.26. The van der Waals surface area contributed by atoms with Crippen LogP contribution in [0.4, 0.5) is 11.4 Å². The number of nitro groups is 1. The number of ketones is 1. The second kappa shape index (κ2) is 7.28. The molecule has 0 aromatic heterocycles. The van der Waals surface area contributed by atoms with Crippen molar-refractivity contribution in [3.05, 3.63) is 33.9 Å². The van der Waals surface area contributed by atoms with E-state index in [2.05, 4.69) is 0 Å². The number of nitrogens with zero attached hydrogens (tertiary/aromatic N) is 2. The summed E-state index contributed by atoms with van der Waals surface area (Å²) < 4.78 is 0. The zero-order chi connectivity index (χ0) is 15.3. The van der Waals surface area contributed by atoms with E-state index in [0.29, 0.717) is 11.3 Å². The smallest absolute Gasteiger partial charge is 0.293 e. The Morgan fingerprint density at radius 3 is 2.65 bits per heavy atom. The number of rotatable bonds is 7. The van der Waals surface area contributed by atoms with Gasteiger partial charge < -0.3 is 4.90 Å². The van der Waals surface area contributed by atoms with Gasteiger partial charge in [-0.1, -0.05) is 0 Å². The first-order chi connectivity index (χ1) is 9.38. The number of Topliss-reactive ketones (excluding diaryl/α,β-unsaturated/α-hetero) is 1. The summed E-state index contributed by atoms with van der Waals surface area (Å²) in [5.41, 5.74) is 0.899. The molecule has 0 bridgehead atoms. The second-order valence-electron chi connectivity index (χ2n) is 4.76. The third-order valence-electron chi connectivity index (χ3n) is 3.36. The summed E-state index contributed by atoms with van der Waals surface area (Å²) in [7, 11) is 1.85. The highest BCUT2D eigenvalue weighted by Gasteiger charge is 2.21. The van der Waals surface area contributed by atoms with Crippen molar-refractivity contribution in [1.82, 2.24) is 0 Å². The molecule has 0 spiro atoms. The highest BCUT2D eigenvalue weighted by molar-refractivity contribution is 7.98. The van der Waals surface area contributed by atoms with Crippen LogP contribution < -0.4 is 4.90 Å². The molecular weight excluding hydrogens is 276 g/mol. The molecule has 0 aliphatic rings. The lowest BCUT2D eigenvalue weighted by Crippen LogP contribution is -2.30. The van der Waals surface area contributed by atoms with Gasteiger partial charge in [-0.25, -0.2) is 0 Å². The van der Waals surface area contributed by atoms with Crippen molar-refractivity contribution in [3.8, 4) is 0 Å². The fourth-order valence-corrected chi connectivity index (χ4v) is 2.48. The average molecular weight is 296 g/mol. The van der Waals surface area contributed by atoms with E-state index < -0.39 is 4.92 Å². The van der Waals surface area contributed by atoms with Crippen molar-refractivity contribution in [2.24, 2.45) is 0 Å². The zero-order valence-corrected chi connectivity index (χ0v) is 13.1. The molecule has 0 heterocycles. The first kappa shape index (κ1) is 16.5. The van der Waals surface area contributed by atoms with Gasteiger partial charge in [0.15, 0.2) is 5.78 Å². The maximum absolute atomic E-state index is 11.3. The molecule has 1 rings (SSSR count). The fourth-order valence-electron chi connectivity index (χ4n) is 1.91. The van der Waals surface area contributed by atoms with E-state index in [1.807, 2.05) is 25.1 Å². The van der Waals surface area contributed by atoms with Crippen molar-refractivity contribution in [2.75, 3.05) is 24.0 Å². The van der Waals surface area contributed by atoms with Crippen molar-refractivity contribution >= 4 is 28.9 Å². The fraction of sp³-hybridized carbons (Fsp3) is 0.500.